The minimum atomic E-state index is -0.503. The van der Waals surface area contributed by atoms with E-state index in [4.69, 9.17) is 4.74 Å². The summed E-state index contributed by atoms with van der Waals surface area (Å²) in [5.41, 5.74) is 2.85. The number of hydrogen-bond acceptors (Lipinski definition) is 3. The van der Waals surface area contributed by atoms with E-state index < -0.39 is 6.10 Å². The number of carbonyl (C=O) groups excluding carboxylic acids is 1. The Morgan fingerprint density at radius 3 is 2.29 bits per heavy atom. The van der Waals surface area contributed by atoms with Crippen LogP contribution in [0.2, 0.25) is 0 Å². The van der Waals surface area contributed by atoms with Gasteiger partial charge in [-0.2, -0.15) is 0 Å². The third kappa shape index (κ3) is 3.69. The van der Waals surface area contributed by atoms with Gasteiger partial charge in [-0.3, -0.25) is 9.78 Å². The van der Waals surface area contributed by atoms with Crippen molar-refractivity contribution in [1.29, 1.82) is 0 Å². The number of rotatable bonds is 6. The Bertz CT molecular complexity index is 783. The Morgan fingerprint density at radius 1 is 0.958 bits per heavy atom. The maximum Gasteiger partial charge on any atom is 0.204 e. The second-order valence-electron chi connectivity index (χ2n) is 5.51. The van der Waals surface area contributed by atoms with Crippen molar-refractivity contribution in [3.63, 3.8) is 0 Å². The molecule has 3 rings (SSSR count). The summed E-state index contributed by atoms with van der Waals surface area (Å²) in [4.78, 5) is 16.5. The molecule has 1 atom stereocenters. The second kappa shape index (κ2) is 7.55. The van der Waals surface area contributed by atoms with Crippen LogP contribution in [0.4, 0.5) is 0 Å². The normalized spacial score (nSPS) is 11.7. The van der Waals surface area contributed by atoms with Crippen LogP contribution >= 0.6 is 0 Å². The van der Waals surface area contributed by atoms with E-state index >= 15 is 0 Å². The number of pyridine rings is 1. The quantitative estimate of drug-likeness (QED) is 0.614. The minimum absolute atomic E-state index is 0.0438. The Labute approximate surface area is 142 Å². The third-order valence-electron chi connectivity index (χ3n) is 3.85. The summed E-state index contributed by atoms with van der Waals surface area (Å²) in [6.45, 7) is 1.94. The summed E-state index contributed by atoms with van der Waals surface area (Å²) in [7, 11) is 0. The zero-order valence-electron chi connectivity index (χ0n) is 13.6. The summed E-state index contributed by atoms with van der Waals surface area (Å²) < 4.78 is 5.89. The fourth-order valence-corrected chi connectivity index (χ4v) is 2.54. The molecule has 0 aliphatic carbocycles. The SMILES string of the molecule is CCC(Oc1ccc(-c2ccccc2)cc1)C(=O)c1cccnc1. The van der Waals surface area contributed by atoms with Crippen molar-refractivity contribution in [3.05, 3.63) is 84.7 Å². The van der Waals surface area contributed by atoms with Crippen molar-refractivity contribution in [2.75, 3.05) is 0 Å². The van der Waals surface area contributed by atoms with E-state index in [2.05, 4.69) is 17.1 Å². The Balaban J connectivity index is 1.73. The van der Waals surface area contributed by atoms with Crippen molar-refractivity contribution in [3.8, 4) is 16.9 Å². The summed E-state index contributed by atoms with van der Waals surface area (Å²) in [5, 5.41) is 0. The molecule has 0 bridgehead atoms. The van der Waals surface area contributed by atoms with Gasteiger partial charge in [0.15, 0.2) is 6.10 Å². The highest BCUT2D eigenvalue weighted by Gasteiger charge is 2.20. The molecule has 1 heterocycles. The fraction of sp³-hybridized carbons (Fsp3) is 0.143. The topological polar surface area (TPSA) is 39.2 Å². The maximum absolute atomic E-state index is 12.5. The predicted octanol–water partition coefficient (Wildman–Crippen LogP) is 4.79. The van der Waals surface area contributed by atoms with Gasteiger partial charge in [0.05, 0.1) is 0 Å². The number of Topliss-reactive ketones (excluding diaryl/α,β-unsaturated/α-hetero) is 1. The lowest BCUT2D eigenvalue weighted by Gasteiger charge is -2.16. The lowest BCUT2D eigenvalue weighted by molar-refractivity contribution is 0.0786. The highest BCUT2D eigenvalue weighted by Crippen LogP contribution is 2.23. The van der Waals surface area contributed by atoms with Crippen LogP contribution in [0.5, 0.6) is 5.75 Å². The molecule has 2 aromatic carbocycles. The molecule has 1 aromatic heterocycles. The molecule has 0 saturated carbocycles. The summed E-state index contributed by atoms with van der Waals surface area (Å²) in [6.07, 6.45) is 3.33. The first-order valence-electron chi connectivity index (χ1n) is 8.04. The molecular formula is C21H19NO2. The monoisotopic (exact) mass is 317 g/mol. The van der Waals surface area contributed by atoms with Crippen LogP contribution in [0.25, 0.3) is 11.1 Å². The van der Waals surface area contributed by atoms with E-state index in [1.165, 1.54) is 0 Å². The molecule has 3 nitrogen and oxygen atoms in total. The molecular weight excluding hydrogens is 298 g/mol. The van der Waals surface area contributed by atoms with E-state index in [0.29, 0.717) is 17.7 Å². The molecule has 1 unspecified atom stereocenters. The molecule has 3 aromatic rings. The van der Waals surface area contributed by atoms with Crippen molar-refractivity contribution in [2.24, 2.45) is 0 Å². The first-order chi connectivity index (χ1) is 11.8. The number of aromatic nitrogens is 1. The molecule has 0 spiro atoms. The van der Waals surface area contributed by atoms with Gasteiger partial charge in [0.1, 0.15) is 5.75 Å². The molecule has 0 aliphatic rings. The molecule has 24 heavy (non-hydrogen) atoms. The van der Waals surface area contributed by atoms with Gasteiger partial charge >= 0.3 is 0 Å². The largest absolute Gasteiger partial charge is 0.482 e. The predicted molar refractivity (Wildman–Crippen MR) is 95.2 cm³/mol. The second-order valence-corrected chi connectivity index (χ2v) is 5.51. The number of ketones is 1. The highest BCUT2D eigenvalue weighted by atomic mass is 16.5. The van der Waals surface area contributed by atoms with Crippen LogP contribution in [0.3, 0.4) is 0 Å². The Hall–Kier alpha value is -2.94. The van der Waals surface area contributed by atoms with E-state index in [9.17, 15) is 4.79 Å². The lowest BCUT2D eigenvalue weighted by Crippen LogP contribution is -2.26. The minimum Gasteiger partial charge on any atom is -0.482 e. The van der Waals surface area contributed by atoms with Gasteiger partial charge in [-0.05, 0) is 41.8 Å². The molecule has 3 heteroatoms. The Kier molecular flexibility index (Phi) is 5.02. The number of hydrogen-bond donors (Lipinski definition) is 0. The van der Waals surface area contributed by atoms with Gasteiger partial charge in [-0.25, -0.2) is 0 Å². The van der Waals surface area contributed by atoms with Crippen LogP contribution in [0.1, 0.15) is 23.7 Å². The van der Waals surface area contributed by atoms with Gasteiger partial charge in [0.25, 0.3) is 0 Å². The fourth-order valence-electron chi connectivity index (χ4n) is 2.54. The first-order valence-corrected chi connectivity index (χ1v) is 8.04. The van der Waals surface area contributed by atoms with Gasteiger partial charge in [-0.15, -0.1) is 0 Å². The standard InChI is InChI=1S/C21H19NO2/c1-2-20(21(23)18-9-6-14-22-15-18)24-19-12-10-17(11-13-19)16-7-4-3-5-8-16/h3-15,20H,2H2,1H3. The molecule has 0 radical (unpaired) electrons. The average Bonchev–Trinajstić information content (AvgIpc) is 2.67. The van der Waals surface area contributed by atoms with Crippen LogP contribution in [0.15, 0.2) is 79.1 Å². The summed E-state index contributed by atoms with van der Waals surface area (Å²) in [6, 6.07) is 21.5. The van der Waals surface area contributed by atoms with Crippen LogP contribution in [-0.2, 0) is 0 Å². The molecule has 0 fully saturated rings. The summed E-state index contributed by atoms with van der Waals surface area (Å²) in [5.74, 6) is 0.650. The van der Waals surface area contributed by atoms with Crippen molar-refractivity contribution >= 4 is 5.78 Å². The van der Waals surface area contributed by atoms with Gasteiger partial charge in [0, 0.05) is 18.0 Å². The maximum atomic E-state index is 12.5. The molecule has 0 N–H and O–H groups in total. The molecule has 0 amide bonds. The van der Waals surface area contributed by atoms with Crippen LogP contribution < -0.4 is 4.74 Å². The first kappa shape index (κ1) is 15.9. The van der Waals surface area contributed by atoms with Crippen LogP contribution in [-0.4, -0.2) is 16.9 Å². The van der Waals surface area contributed by atoms with E-state index in [0.717, 1.165) is 11.1 Å². The number of nitrogens with zero attached hydrogens (tertiary/aromatic N) is 1. The smallest absolute Gasteiger partial charge is 0.204 e. The van der Waals surface area contributed by atoms with Crippen molar-refractivity contribution < 1.29 is 9.53 Å². The number of carbonyl (C=O) groups is 1. The van der Waals surface area contributed by atoms with Gasteiger partial charge in [-0.1, -0.05) is 49.4 Å². The zero-order valence-corrected chi connectivity index (χ0v) is 13.6. The van der Waals surface area contributed by atoms with E-state index in [1.807, 2.05) is 49.4 Å². The van der Waals surface area contributed by atoms with Crippen molar-refractivity contribution in [1.82, 2.24) is 4.98 Å². The highest BCUT2D eigenvalue weighted by molar-refractivity contribution is 5.99. The Morgan fingerprint density at radius 2 is 1.67 bits per heavy atom. The molecule has 120 valence electrons. The van der Waals surface area contributed by atoms with Gasteiger partial charge in [0.2, 0.25) is 5.78 Å². The third-order valence-corrected chi connectivity index (χ3v) is 3.85. The van der Waals surface area contributed by atoms with Gasteiger partial charge < -0.3 is 4.74 Å². The molecule has 0 aliphatic heterocycles. The zero-order chi connectivity index (χ0) is 16.8. The lowest BCUT2D eigenvalue weighted by atomic mass is 10.1. The van der Waals surface area contributed by atoms with Crippen molar-refractivity contribution in [2.45, 2.75) is 19.4 Å². The number of ether oxygens (including phenoxy) is 1. The average molecular weight is 317 g/mol. The summed E-state index contributed by atoms with van der Waals surface area (Å²) >= 11 is 0. The van der Waals surface area contributed by atoms with Crippen LogP contribution in [0, 0.1) is 0 Å². The number of benzene rings is 2. The molecule has 0 saturated heterocycles. The van der Waals surface area contributed by atoms with E-state index in [1.54, 1.807) is 24.5 Å². The van der Waals surface area contributed by atoms with E-state index in [-0.39, 0.29) is 5.78 Å².